The molecular weight excluding hydrogens is 184 g/mol. The predicted octanol–water partition coefficient (Wildman–Crippen LogP) is 2.89. The van der Waals surface area contributed by atoms with Gasteiger partial charge in [-0.3, -0.25) is 0 Å². The van der Waals surface area contributed by atoms with E-state index < -0.39 is 0 Å². The van der Waals surface area contributed by atoms with Crippen molar-refractivity contribution in [1.29, 1.82) is 0 Å². The molecule has 0 aromatic heterocycles. The lowest BCUT2D eigenvalue weighted by atomic mass is 9.73. The Bertz CT molecular complexity index is 171. The van der Waals surface area contributed by atoms with Crippen LogP contribution in [0.15, 0.2) is 10.2 Å². The van der Waals surface area contributed by atoms with E-state index in [4.69, 9.17) is 11.6 Å². The molecule has 0 aliphatic heterocycles. The molecule has 0 nitrogen and oxygen atoms in total. The van der Waals surface area contributed by atoms with Gasteiger partial charge in [0.15, 0.2) is 0 Å². The lowest BCUT2D eigenvalue weighted by molar-refractivity contribution is 0.362. The van der Waals surface area contributed by atoms with Crippen LogP contribution in [0.2, 0.25) is 0 Å². The van der Waals surface area contributed by atoms with Crippen molar-refractivity contribution >= 4 is 21.8 Å². The van der Waals surface area contributed by atoms with E-state index in [2.05, 4.69) is 41.5 Å². The Morgan fingerprint density at radius 1 is 0.917 bits per heavy atom. The predicted molar refractivity (Wildman–Crippen MR) is 61.7 cm³/mol. The summed E-state index contributed by atoms with van der Waals surface area (Å²) in [5, 5.41) is 0. The van der Waals surface area contributed by atoms with Crippen LogP contribution >= 0.6 is 11.6 Å². The smallest absolute Gasteiger partial charge is 0.0532 e. The topological polar surface area (TPSA) is 0 Å². The molecule has 0 N–H and O–H groups in total. The Labute approximate surface area is 84.8 Å². The Morgan fingerprint density at radius 3 is 1.17 bits per heavy atom. The second kappa shape index (κ2) is 3.55. The summed E-state index contributed by atoms with van der Waals surface area (Å²) in [6.07, 6.45) is 0. The van der Waals surface area contributed by atoms with E-state index >= 15 is 0 Å². The summed E-state index contributed by atoms with van der Waals surface area (Å²) < 4.78 is 1.08. The number of halogens is 1. The molecule has 72 valence electrons. The van der Waals surface area contributed by atoms with Crippen molar-refractivity contribution in [3.63, 3.8) is 0 Å². The third-order valence-corrected chi connectivity index (χ3v) is 2.53. The van der Waals surface area contributed by atoms with Gasteiger partial charge in [0.1, 0.15) is 0 Å². The SMILES string of the molecule is CC(C)(C)C(=C([SiH3])Cl)C(C)(C)C. The van der Waals surface area contributed by atoms with Crippen LogP contribution in [-0.4, -0.2) is 10.2 Å². The fraction of sp³-hybridized carbons (Fsp3) is 0.800. The van der Waals surface area contributed by atoms with E-state index in [1.54, 1.807) is 0 Å². The molecule has 2 heteroatoms. The van der Waals surface area contributed by atoms with E-state index in [9.17, 15) is 0 Å². The molecule has 0 aromatic carbocycles. The largest absolute Gasteiger partial charge is 0.0954 e. The van der Waals surface area contributed by atoms with Crippen LogP contribution in [0.5, 0.6) is 0 Å². The monoisotopic (exact) mass is 204 g/mol. The maximum atomic E-state index is 6.15. The van der Waals surface area contributed by atoms with Crippen LogP contribution in [0.3, 0.4) is 0 Å². The molecule has 0 aliphatic carbocycles. The highest BCUT2D eigenvalue weighted by Gasteiger charge is 2.29. The fourth-order valence-electron chi connectivity index (χ4n) is 2.16. The summed E-state index contributed by atoms with van der Waals surface area (Å²) in [7, 11) is 0.959. The molecule has 0 aliphatic rings. The average Bonchev–Trinajstić information content (AvgIpc) is 1.49. The van der Waals surface area contributed by atoms with Gasteiger partial charge in [-0.05, 0) is 15.5 Å². The van der Waals surface area contributed by atoms with Gasteiger partial charge in [0.05, 0.1) is 10.2 Å². The molecule has 0 saturated carbocycles. The van der Waals surface area contributed by atoms with Crippen LogP contribution in [0.25, 0.3) is 0 Å². The molecule has 0 atom stereocenters. The molecule has 0 heterocycles. The summed E-state index contributed by atoms with van der Waals surface area (Å²) in [6.45, 7) is 13.4. The molecule has 0 aromatic rings. The number of hydrogen-bond donors (Lipinski definition) is 0. The highest BCUT2D eigenvalue weighted by molar-refractivity contribution is 6.52. The van der Waals surface area contributed by atoms with E-state index in [-0.39, 0.29) is 10.8 Å². The third kappa shape index (κ3) is 3.32. The van der Waals surface area contributed by atoms with Gasteiger partial charge < -0.3 is 0 Å². The molecular formula is C10H21ClSi. The highest BCUT2D eigenvalue weighted by atomic mass is 35.5. The first-order chi connectivity index (χ1) is 5.07. The van der Waals surface area contributed by atoms with Crippen LogP contribution < -0.4 is 0 Å². The van der Waals surface area contributed by atoms with Gasteiger partial charge in [0.2, 0.25) is 0 Å². The molecule has 0 rings (SSSR count). The van der Waals surface area contributed by atoms with Crippen LogP contribution in [0.4, 0.5) is 0 Å². The summed E-state index contributed by atoms with van der Waals surface area (Å²) >= 11 is 6.15. The fourth-order valence-corrected chi connectivity index (χ4v) is 4.23. The quantitative estimate of drug-likeness (QED) is 0.533. The lowest BCUT2D eigenvalue weighted by Gasteiger charge is -2.34. The molecule has 0 fully saturated rings. The van der Waals surface area contributed by atoms with Crippen molar-refractivity contribution < 1.29 is 0 Å². The van der Waals surface area contributed by atoms with Crippen LogP contribution in [0, 0.1) is 10.8 Å². The first-order valence-electron chi connectivity index (χ1n) is 4.44. The first-order valence-corrected chi connectivity index (χ1v) is 5.82. The summed E-state index contributed by atoms with van der Waals surface area (Å²) in [5.41, 5.74) is 1.82. The minimum atomic E-state index is 0.205. The minimum absolute atomic E-state index is 0.205. The highest BCUT2D eigenvalue weighted by Crippen LogP contribution is 2.41. The van der Waals surface area contributed by atoms with Gasteiger partial charge in [0.25, 0.3) is 0 Å². The molecule has 0 radical (unpaired) electrons. The van der Waals surface area contributed by atoms with Crippen molar-refractivity contribution in [1.82, 2.24) is 0 Å². The van der Waals surface area contributed by atoms with Gasteiger partial charge in [0, 0.05) is 0 Å². The second-order valence-electron chi connectivity index (χ2n) is 5.41. The van der Waals surface area contributed by atoms with Crippen molar-refractivity contribution in [3.8, 4) is 0 Å². The average molecular weight is 205 g/mol. The maximum absolute atomic E-state index is 6.15. The summed E-state index contributed by atoms with van der Waals surface area (Å²) in [5.74, 6) is 0. The van der Waals surface area contributed by atoms with E-state index in [0.717, 1.165) is 14.9 Å². The molecule has 0 spiro atoms. The molecule has 0 saturated heterocycles. The van der Waals surface area contributed by atoms with Gasteiger partial charge >= 0.3 is 0 Å². The number of hydrogen-bond acceptors (Lipinski definition) is 0. The van der Waals surface area contributed by atoms with Gasteiger partial charge in [-0.1, -0.05) is 58.7 Å². The van der Waals surface area contributed by atoms with E-state index in [1.165, 1.54) is 5.57 Å². The van der Waals surface area contributed by atoms with E-state index in [1.807, 2.05) is 0 Å². The Morgan fingerprint density at radius 2 is 1.17 bits per heavy atom. The van der Waals surface area contributed by atoms with Crippen molar-refractivity contribution in [2.75, 3.05) is 0 Å². The number of allylic oxidation sites excluding steroid dienone is 1. The zero-order valence-corrected chi connectivity index (χ0v) is 12.1. The van der Waals surface area contributed by atoms with Gasteiger partial charge in [-0.25, -0.2) is 0 Å². The minimum Gasteiger partial charge on any atom is -0.0954 e. The molecule has 12 heavy (non-hydrogen) atoms. The molecule has 0 bridgehead atoms. The second-order valence-corrected chi connectivity index (χ2v) is 7.61. The van der Waals surface area contributed by atoms with Crippen LogP contribution in [0.1, 0.15) is 41.5 Å². The third-order valence-electron chi connectivity index (χ3n) is 1.84. The van der Waals surface area contributed by atoms with E-state index in [0.29, 0.717) is 0 Å². The van der Waals surface area contributed by atoms with Crippen LogP contribution in [-0.2, 0) is 0 Å². The summed E-state index contributed by atoms with van der Waals surface area (Å²) in [6, 6.07) is 0. The normalized spacial score (nSPS) is 13.2. The van der Waals surface area contributed by atoms with Gasteiger partial charge in [-0.2, -0.15) is 0 Å². The molecule has 0 unspecified atom stereocenters. The Hall–Kier alpha value is 0.247. The maximum Gasteiger partial charge on any atom is 0.0532 e. The first kappa shape index (κ1) is 12.2. The Kier molecular flexibility index (Phi) is 3.62. The van der Waals surface area contributed by atoms with Crippen molar-refractivity contribution in [2.45, 2.75) is 41.5 Å². The lowest BCUT2D eigenvalue weighted by Crippen LogP contribution is -2.23. The summed E-state index contributed by atoms with van der Waals surface area (Å²) in [4.78, 5) is 0. The zero-order valence-electron chi connectivity index (χ0n) is 9.38. The molecule has 0 amide bonds. The Balaban J connectivity index is 5.13. The zero-order chi connectivity index (χ0) is 10.2. The van der Waals surface area contributed by atoms with Gasteiger partial charge in [-0.15, -0.1) is 0 Å². The van der Waals surface area contributed by atoms with Crippen molar-refractivity contribution in [2.24, 2.45) is 10.8 Å². The standard InChI is InChI=1S/C10H21ClSi/c1-9(2,3)7(8(11)12)10(4,5)6/h1-6,12H3. The number of rotatable bonds is 0. The van der Waals surface area contributed by atoms with Crippen molar-refractivity contribution in [3.05, 3.63) is 10.2 Å².